The van der Waals surface area contributed by atoms with Crippen molar-refractivity contribution < 1.29 is 14.6 Å². The molecule has 1 aliphatic heterocycles. The van der Waals surface area contributed by atoms with Crippen molar-refractivity contribution in [2.24, 2.45) is 0 Å². The van der Waals surface area contributed by atoms with Gasteiger partial charge >= 0.3 is 0 Å². The molecule has 100 valence electrons. The van der Waals surface area contributed by atoms with Gasteiger partial charge in [-0.3, -0.25) is 0 Å². The summed E-state index contributed by atoms with van der Waals surface area (Å²) in [5.41, 5.74) is 0.653. The molecular weight excluding hydrogens is 296 g/mol. The van der Waals surface area contributed by atoms with Gasteiger partial charge in [-0.2, -0.15) is 0 Å². The second-order valence-corrected chi connectivity index (χ2v) is 5.65. The maximum absolute atomic E-state index is 10.5. The molecule has 4 heteroatoms. The number of methoxy groups -OCH3 is 1. The predicted molar refractivity (Wildman–Crippen MR) is 73.6 cm³/mol. The maximum Gasteiger partial charge on any atom is 0.0983 e. The van der Waals surface area contributed by atoms with Gasteiger partial charge in [-0.25, -0.2) is 0 Å². The minimum absolute atomic E-state index is 0.458. The summed E-state index contributed by atoms with van der Waals surface area (Å²) in [7, 11) is 1.68. The summed E-state index contributed by atoms with van der Waals surface area (Å²) in [6, 6.07) is 8.02. The Kier molecular flexibility index (Phi) is 4.78. The Morgan fingerprint density at radius 2 is 2.17 bits per heavy atom. The van der Waals surface area contributed by atoms with Gasteiger partial charge in [0.1, 0.15) is 0 Å². The lowest BCUT2D eigenvalue weighted by atomic mass is 9.85. The lowest BCUT2D eigenvalue weighted by molar-refractivity contribution is -0.151. The van der Waals surface area contributed by atoms with E-state index in [1.807, 2.05) is 24.3 Å². The molecule has 1 saturated heterocycles. The summed E-state index contributed by atoms with van der Waals surface area (Å²) in [5.74, 6) is 0. The summed E-state index contributed by atoms with van der Waals surface area (Å²) < 4.78 is 12.0. The van der Waals surface area contributed by atoms with Gasteiger partial charge in [0, 0.05) is 44.1 Å². The van der Waals surface area contributed by atoms with E-state index in [-0.39, 0.29) is 0 Å². The highest BCUT2D eigenvalue weighted by Crippen LogP contribution is 2.30. The predicted octanol–water partition coefficient (Wildman–Crippen LogP) is 2.55. The van der Waals surface area contributed by atoms with Crippen LogP contribution in [0.4, 0.5) is 0 Å². The molecule has 1 fully saturated rings. The van der Waals surface area contributed by atoms with Gasteiger partial charge in [0.05, 0.1) is 11.7 Å². The zero-order valence-corrected chi connectivity index (χ0v) is 12.1. The molecule has 1 aromatic carbocycles. The first kappa shape index (κ1) is 14.0. The number of rotatable bonds is 4. The molecule has 1 aliphatic rings. The zero-order chi connectivity index (χ0) is 13.0. The van der Waals surface area contributed by atoms with E-state index < -0.39 is 11.7 Å². The van der Waals surface area contributed by atoms with Gasteiger partial charge in [-0.05, 0) is 17.7 Å². The van der Waals surface area contributed by atoms with Crippen molar-refractivity contribution in [2.75, 3.05) is 20.3 Å². The van der Waals surface area contributed by atoms with Crippen molar-refractivity contribution in [1.82, 2.24) is 0 Å². The van der Waals surface area contributed by atoms with E-state index in [9.17, 15) is 5.11 Å². The average molecular weight is 315 g/mol. The van der Waals surface area contributed by atoms with Crippen molar-refractivity contribution in [3.8, 4) is 0 Å². The third kappa shape index (κ3) is 3.12. The molecule has 0 radical (unpaired) electrons. The lowest BCUT2D eigenvalue weighted by Gasteiger charge is -2.39. The highest BCUT2D eigenvalue weighted by molar-refractivity contribution is 9.10. The molecule has 0 spiro atoms. The standard InChI is InChI=1S/C14H19BrO3/c1-17-14(5-7-18-8-6-14)13(16)10-11-3-2-4-12(15)9-11/h2-4,9,13,16H,5-8,10H2,1H3. The fourth-order valence-electron chi connectivity index (χ4n) is 2.46. The van der Waals surface area contributed by atoms with E-state index in [1.54, 1.807) is 7.11 Å². The van der Waals surface area contributed by atoms with Crippen LogP contribution in [0.3, 0.4) is 0 Å². The summed E-state index contributed by atoms with van der Waals surface area (Å²) >= 11 is 3.45. The van der Waals surface area contributed by atoms with Crippen molar-refractivity contribution in [3.05, 3.63) is 34.3 Å². The van der Waals surface area contributed by atoms with E-state index in [0.29, 0.717) is 19.6 Å². The molecule has 1 atom stereocenters. The second-order valence-electron chi connectivity index (χ2n) is 4.73. The van der Waals surface area contributed by atoms with Crippen LogP contribution in [-0.2, 0) is 15.9 Å². The van der Waals surface area contributed by atoms with Crippen LogP contribution in [0.15, 0.2) is 28.7 Å². The Bertz CT molecular complexity index is 388. The maximum atomic E-state index is 10.5. The minimum Gasteiger partial charge on any atom is -0.390 e. The number of ether oxygens (including phenoxy) is 2. The third-order valence-electron chi connectivity index (χ3n) is 3.67. The van der Waals surface area contributed by atoms with Crippen LogP contribution in [0.2, 0.25) is 0 Å². The normalized spacial score (nSPS) is 20.6. The Labute approximate surface area is 116 Å². The summed E-state index contributed by atoms with van der Waals surface area (Å²) in [4.78, 5) is 0. The van der Waals surface area contributed by atoms with Crippen molar-refractivity contribution in [3.63, 3.8) is 0 Å². The molecule has 0 amide bonds. The van der Waals surface area contributed by atoms with Crippen LogP contribution >= 0.6 is 15.9 Å². The van der Waals surface area contributed by atoms with Crippen LogP contribution in [-0.4, -0.2) is 37.1 Å². The first-order valence-corrected chi connectivity index (χ1v) is 7.01. The van der Waals surface area contributed by atoms with Crippen molar-refractivity contribution in [2.45, 2.75) is 31.0 Å². The zero-order valence-electron chi connectivity index (χ0n) is 10.6. The molecule has 3 nitrogen and oxygen atoms in total. The SMILES string of the molecule is COC1(C(O)Cc2cccc(Br)c2)CCOCC1. The largest absolute Gasteiger partial charge is 0.390 e. The molecule has 2 rings (SSSR count). The summed E-state index contributed by atoms with van der Waals surface area (Å²) in [6.07, 6.45) is 1.60. The Morgan fingerprint density at radius 3 is 2.78 bits per heavy atom. The fourth-order valence-corrected chi connectivity index (χ4v) is 2.91. The van der Waals surface area contributed by atoms with Gasteiger partial charge in [0.2, 0.25) is 0 Å². The molecule has 0 saturated carbocycles. The van der Waals surface area contributed by atoms with Crippen LogP contribution in [0, 0.1) is 0 Å². The molecule has 0 aromatic heterocycles. The number of benzene rings is 1. The Morgan fingerprint density at radius 1 is 1.44 bits per heavy atom. The van der Waals surface area contributed by atoms with E-state index in [0.717, 1.165) is 22.9 Å². The highest BCUT2D eigenvalue weighted by Gasteiger charge is 2.39. The number of hydrogen-bond donors (Lipinski definition) is 1. The van der Waals surface area contributed by atoms with Crippen LogP contribution in [0.1, 0.15) is 18.4 Å². The van der Waals surface area contributed by atoms with Crippen molar-refractivity contribution >= 4 is 15.9 Å². The Balaban J connectivity index is 2.07. The number of aliphatic hydroxyl groups is 1. The average Bonchev–Trinajstić information content (AvgIpc) is 2.39. The quantitative estimate of drug-likeness (QED) is 0.928. The molecular formula is C14H19BrO3. The first-order chi connectivity index (χ1) is 8.66. The lowest BCUT2D eigenvalue weighted by Crippen LogP contribution is -2.49. The minimum atomic E-state index is -0.499. The van der Waals surface area contributed by atoms with Gasteiger partial charge < -0.3 is 14.6 Å². The Hall–Kier alpha value is -0.420. The monoisotopic (exact) mass is 314 g/mol. The second kappa shape index (κ2) is 6.15. The molecule has 1 N–H and O–H groups in total. The van der Waals surface area contributed by atoms with Crippen LogP contribution < -0.4 is 0 Å². The van der Waals surface area contributed by atoms with E-state index >= 15 is 0 Å². The third-order valence-corrected chi connectivity index (χ3v) is 4.16. The van der Waals surface area contributed by atoms with E-state index in [4.69, 9.17) is 9.47 Å². The fraction of sp³-hybridized carbons (Fsp3) is 0.571. The van der Waals surface area contributed by atoms with Gasteiger partial charge in [0.25, 0.3) is 0 Å². The topological polar surface area (TPSA) is 38.7 Å². The van der Waals surface area contributed by atoms with Gasteiger partial charge in [0.15, 0.2) is 0 Å². The van der Waals surface area contributed by atoms with Gasteiger partial charge in [-0.15, -0.1) is 0 Å². The van der Waals surface area contributed by atoms with Crippen LogP contribution in [0.25, 0.3) is 0 Å². The van der Waals surface area contributed by atoms with E-state index in [1.165, 1.54) is 0 Å². The first-order valence-electron chi connectivity index (χ1n) is 6.22. The summed E-state index contributed by atoms with van der Waals surface area (Å²) in [6.45, 7) is 1.31. The molecule has 0 aliphatic carbocycles. The molecule has 1 heterocycles. The van der Waals surface area contributed by atoms with Gasteiger partial charge in [-0.1, -0.05) is 28.1 Å². The molecule has 1 aromatic rings. The summed E-state index contributed by atoms with van der Waals surface area (Å²) in [5, 5.41) is 10.5. The highest BCUT2D eigenvalue weighted by atomic mass is 79.9. The van der Waals surface area contributed by atoms with Crippen LogP contribution in [0.5, 0.6) is 0 Å². The number of hydrogen-bond acceptors (Lipinski definition) is 3. The van der Waals surface area contributed by atoms with E-state index in [2.05, 4.69) is 15.9 Å². The number of halogens is 1. The smallest absolute Gasteiger partial charge is 0.0983 e. The molecule has 0 bridgehead atoms. The van der Waals surface area contributed by atoms with Crippen molar-refractivity contribution in [1.29, 1.82) is 0 Å². The molecule has 1 unspecified atom stereocenters. The number of aliphatic hydroxyl groups excluding tert-OH is 1. The molecule has 18 heavy (non-hydrogen) atoms.